The Labute approximate surface area is 119 Å². The average Bonchev–Trinajstić information content (AvgIpc) is 2.39. The van der Waals surface area contributed by atoms with Crippen LogP contribution in [0.2, 0.25) is 5.02 Å². The van der Waals surface area contributed by atoms with Gasteiger partial charge in [0, 0.05) is 23.7 Å². The summed E-state index contributed by atoms with van der Waals surface area (Å²) in [7, 11) is 2.10. The molecular weight excluding hydrogens is 263 g/mol. The molecule has 106 valence electrons. The van der Waals surface area contributed by atoms with Gasteiger partial charge in [-0.1, -0.05) is 24.1 Å². The molecule has 1 aliphatic heterocycles. The molecule has 0 aromatic heterocycles. The van der Waals surface area contributed by atoms with Crippen molar-refractivity contribution in [3.63, 3.8) is 0 Å². The molecule has 1 aromatic rings. The van der Waals surface area contributed by atoms with Crippen LogP contribution in [0, 0.1) is 5.82 Å². The third-order valence-corrected chi connectivity index (χ3v) is 4.32. The van der Waals surface area contributed by atoms with Gasteiger partial charge in [0.1, 0.15) is 5.82 Å². The summed E-state index contributed by atoms with van der Waals surface area (Å²) >= 11 is 6.13. The van der Waals surface area contributed by atoms with Gasteiger partial charge in [-0.3, -0.25) is 4.90 Å². The van der Waals surface area contributed by atoms with Gasteiger partial charge < -0.3 is 5.32 Å². The van der Waals surface area contributed by atoms with Gasteiger partial charge in [0.15, 0.2) is 0 Å². The summed E-state index contributed by atoms with van der Waals surface area (Å²) in [5.41, 5.74) is 0.987. The van der Waals surface area contributed by atoms with Gasteiger partial charge >= 0.3 is 0 Å². The maximum atomic E-state index is 13.1. The topological polar surface area (TPSA) is 15.3 Å². The van der Waals surface area contributed by atoms with E-state index >= 15 is 0 Å². The van der Waals surface area contributed by atoms with Gasteiger partial charge in [-0.05, 0) is 51.1 Å². The van der Waals surface area contributed by atoms with E-state index in [1.807, 2.05) is 0 Å². The van der Waals surface area contributed by atoms with E-state index in [4.69, 9.17) is 11.6 Å². The second kappa shape index (κ2) is 6.69. The SMILES string of the molecule is CC(c1ccc(F)cc1Cl)N(C)CC1CCCCN1. The molecule has 0 amide bonds. The number of nitrogens with one attached hydrogen (secondary N) is 1. The standard InChI is InChI=1S/C15H22ClFN2/c1-11(14-7-6-12(17)9-15(14)16)19(2)10-13-5-3-4-8-18-13/h6-7,9,11,13,18H,3-5,8,10H2,1-2H3. The molecule has 1 heterocycles. The molecule has 0 saturated carbocycles. The molecular formula is C15H22ClFN2. The Morgan fingerprint density at radius 1 is 1.47 bits per heavy atom. The molecule has 2 unspecified atom stereocenters. The van der Waals surface area contributed by atoms with Crippen LogP contribution in [0.1, 0.15) is 37.8 Å². The molecule has 2 nitrogen and oxygen atoms in total. The maximum Gasteiger partial charge on any atom is 0.124 e. The highest BCUT2D eigenvalue weighted by Gasteiger charge is 2.20. The van der Waals surface area contributed by atoms with E-state index in [9.17, 15) is 4.39 Å². The molecule has 1 saturated heterocycles. The highest BCUT2D eigenvalue weighted by molar-refractivity contribution is 6.31. The second-order valence-corrected chi connectivity index (χ2v) is 5.84. The minimum atomic E-state index is -0.280. The molecule has 1 aliphatic rings. The van der Waals surface area contributed by atoms with Crippen molar-refractivity contribution >= 4 is 11.6 Å². The Balaban J connectivity index is 1.99. The first kappa shape index (κ1) is 14.8. The lowest BCUT2D eigenvalue weighted by Crippen LogP contribution is -2.43. The van der Waals surface area contributed by atoms with Crippen molar-refractivity contribution in [3.8, 4) is 0 Å². The lowest BCUT2D eigenvalue weighted by atomic mass is 10.0. The van der Waals surface area contributed by atoms with Crippen LogP contribution in [0.3, 0.4) is 0 Å². The fourth-order valence-corrected chi connectivity index (χ4v) is 2.99. The number of halogens is 2. The molecule has 2 atom stereocenters. The molecule has 0 bridgehead atoms. The molecule has 1 aromatic carbocycles. The summed E-state index contributed by atoms with van der Waals surface area (Å²) in [6.07, 6.45) is 3.81. The molecule has 1 fully saturated rings. The van der Waals surface area contributed by atoms with Gasteiger partial charge in [-0.15, -0.1) is 0 Å². The first-order valence-electron chi connectivity index (χ1n) is 6.96. The maximum absolute atomic E-state index is 13.1. The van der Waals surface area contributed by atoms with Crippen LogP contribution in [0.15, 0.2) is 18.2 Å². The highest BCUT2D eigenvalue weighted by atomic mass is 35.5. The van der Waals surface area contributed by atoms with Crippen molar-refractivity contribution in [2.75, 3.05) is 20.1 Å². The van der Waals surface area contributed by atoms with Crippen molar-refractivity contribution in [2.45, 2.75) is 38.3 Å². The van der Waals surface area contributed by atoms with Crippen LogP contribution < -0.4 is 5.32 Å². The van der Waals surface area contributed by atoms with Crippen molar-refractivity contribution in [1.82, 2.24) is 10.2 Å². The van der Waals surface area contributed by atoms with Gasteiger partial charge in [-0.25, -0.2) is 4.39 Å². The molecule has 19 heavy (non-hydrogen) atoms. The van der Waals surface area contributed by atoms with Crippen molar-refractivity contribution in [1.29, 1.82) is 0 Å². The Hall–Kier alpha value is -0.640. The van der Waals surface area contributed by atoms with E-state index in [1.54, 1.807) is 6.07 Å². The first-order chi connectivity index (χ1) is 9.08. The van der Waals surface area contributed by atoms with Gasteiger partial charge in [0.25, 0.3) is 0 Å². The number of piperidine rings is 1. The van der Waals surface area contributed by atoms with Crippen molar-refractivity contribution in [3.05, 3.63) is 34.6 Å². The fraction of sp³-hybridized carbons (Fsp3) is 0.600. The predicted octanol–water partition coefficient (Wildman–Crippen LogP) is 3.61. The van der Waals surface area contributed by atoms with Crippen LogP contribution in [-0.2, 0) is 0 Å². The van der Waals surface area contributed by atoms with E-state index < -0.39 is 0 Å². The number of hydrogen-bond donors (Lipinski definition) is 1. The smallest absolute Gasteiger partial charge is 0.124 e. The molecule has 0 radical (unpaired) electrons. The highest BCUT2D eigenvalue weighted by Crippen LogP contribution is 2.27. The van der Waals surface area contributed by atoms with Gasteiger partial charge in [-0.2, -0.15) is 0 Å². The van der Waals surface area contributed by atoms with Gasteiger partial charge in [0.05, 0.1) is 0 Å². The second-order valence-electron chi connectivity index (χ2n) is 5.43. The number of hydrogen-bond acceptors (Lipinski definition) is 2. The Kier molecular flexibility index (Phi) is 5.20. The van der Waals surface area contributed by atoms with E-state index in [2.05, 4.69) is 24.2 Å². The summed E-state index contributed by atoms with van der Waals surface area (Å²) < 4.78 is 13.1. The summed E-state index contributed by atoms with van der Waals surface area (Å²) in [5, 5.41) is 4.06. The van der Waals surface area contributed by atoms with Crippen molar-refractivity contribution < 1.29 is 4.39 Å². The Bertz CT molecular complexity index is 419. The zero-order chi connectivity index (χ0) is 13.8. The average molecular weight is 285 g/mol. The van der Waals surface area contributed by atoms with Crippen molar-refractivity contribution in [2.24, 2.45) is 0 Å². The lowest BCUT2D eigenvalue weighted by Gasteiger charge is -2.32. The Morgan fingerprint density at radius 2 is 2.26 bits per heavy atom. The summed E-state index contributed by atoms with van der Waals surface area (Å²) in [6.45, 7) is 4.22. The minimum Gasteiger partial charge on any atom is -0.313 e. The number of nitrogens with zero attached hydrogens (tertiary/aromatic N) is 1. The van der Waals surface area contributed by atoms with E-state index in [0.717, 1.165) is 18.7 Å². The third-order valence-electron chi connectivity index (χ3n) is 3.99. The zero-order valence-electron chi connectivity index (χ0n) is 11.6. The van der Waals surface area contributed by atoms with E-state index in [0.29, 0.717) is 11.1 Å². The number of benzene rings is 1. The Morgan fingerprint density at radius 3 is 2.89 bits per heavy atom. The largest absolute Gasteiger partial charge is 0.313 e. The zero-order valence-corrected chi connectivity index (χ0v) is 12.4. The molecule has 2 rings (SSSR count). The lowest BCUT2D eigenvalue weighted by molar-refractivity contribution is 0.214. The number of likely N-dealkylation sites (N-methyl/N-ethyl adjacent to an activating group) is 1. The number of rotatable bonds is 4. The predicted molar refractivity (Wildman–Crippen MR) is 78.1 cm³/mol. The molecule has 1 N–H and O–H groups in total. The normalized spacial score (nSPS) is 21.6. The molecule has 0 aliphatic carbocycles. The fourth-order valence-electron chi connectivity index (χ4n) is 2.66. The van der Waals surface area contributed by atoms with E-state index in [-0.39, 0.29) is 11.9 Å². The molecule has 4 heteroatoms. The van der Waals surface area contributed by atoms with Crippen LogP contribution in [-0.4, -0.2) is 31.1 Å². The quantitative estimate of drug-likeness (QED) is 0.908. The summed E-state index contributed by atoms with van der Waals surface area (Å²) in [4.78, 5) is 2.28. The third kappa shape index (κ3) is 3.91. The van der Waals surface area contributed by atoms with E-state index in [1.165, 1.54) is 31.4 Å². The first-order valence-corrected chi connectivity index (χ1v) is 7.34. The summed E-state index contributed by atoms with van der Waals surface area (Å²) in [6, 6.07) is 5.40. The molecule has 0 spiro atoms. The summed E-state index contributed by atoms with van der Waals surface area (Å²) in [5.74, 6) is -0.280. The van der Waals surface area contributed by atoms with Crippen LogP contribution in [0.4, 0.5) is 4.39 Å². The van der Waals surface area contributed by atoms with Crippen LogP contribution in [0.25, 0.3) is 0 Å². The van der Waals surface area contributed by atoms with Crippen LogP contribution >= 0.6 is 11.6 Å². The monoisotopic (exact) mass is 284 g/mol. The van der Waals surface area contributed by atoms with Crippen LogP contribution in [0.5, 0.6) is 0 Å². The minimum absolute atomic E-state index is 0.192. The van der Waals surface area contributed by atoms with Gasteiger partial charge in [0.2, 0.25) is 0 Å².